The Kier molecular flexibility index (Phi) is 15.1. The van der Waals surface area contributed by atoms with Crippen molar-refractivity contribution < 1.29 is 22.0 Å². The van der Waals surface area contributed by atoms with E-state index in [1.165, 1.54) is 69.8 Å². The van der Waals surface area contributed by atoms with Crippen LogP contribution in [0.2, 0.25) is 0 Å². The molecule has 1 aromatic carbocycles. The average molecular weight is 384 g/mol. The third-order valence-electron chi connectivity index (χ3n) is 5.52. The van der Waals surface area contributed by atoms with Crippen molar-refractivity contribution in [2.45, 2.75) is 90.1 Å². The molecular weight excluding hydrogens is 342 g/mol. The maximum absolute atomic E-state index is 9.87. The van der Waals surface area contributed by atoms with Gasteiger partial charge in [-0.3, -0.25) is 0 Å². The van der Waals surface area contributed by atoms with Crippen molar-refractivity contribution in [3.63, 3.8) is 0 Å². The summed E-state index contributed by atoms with van der Waals surface area (Å²) < 4.78 is 0.873. The second kappa shape index (κ2) is 15.5. The molecule has 1 atom stereocenters. The van der Waals surface area contributed by atoms with Crippen molar-refractivity contribution in [3.05, 3.63) is 35.9 Å². The Morgan fingerprint density at radius 3 is 1.81 bits per heavy atom. The summed E-state index contributed by atoms with van der Waals surface area (Å²) in [5.74, 6) is 0. The summed E-state index contributed by atoms with van der Waals surface area (Å²) in [6.07, 6.45) is 14.8. The largest absolute Gasteiger partial charge is 1.00 e. The first-order valence-electron chi connectivity index (χ1n) is 10.6. The smallest absolute Gasteiger partial charge is 0.112 e. The molecule has 0 fully saturated rings. The quantitative estimate of drug-likeness (QED) is 0.364. The molecule has 26 heavy (non-hydrogen) atoms. The van der Waals surface area contributed by atoms with Crippen molar-refractivity contribution in [1.29, 1.82) is 0 Å². The number of rotatable bonds is 15. The number of hydrogen-bond donors (Lipinski definition) is 1. The van der Waals surface area contributed by atoms with Crippen LogP contribution < -0.4 is 12.4 Å². The summed E-state index contributed by atoms with van der Waals surface area (Å²) in [6, 6.07) is 11.0. The lowest BCUT2D eigenvalue weighted by atomic mass is 10.0. The second-order valence-electron chi connectivity index (χ2n) is 8.23. The molecule has 0 saturated heterocycles. The van der Waals surface area contributed by atoms with E-state index in [4.69, 9.17) is 0 Å². The predicted octanol–water partition coefficient (Wildman–Crippen LogP) is 2.94. The Bertz CT molecular complexity index is 421. The zero-order valence-corrected chi connectivity index (χ0v) is 18.2. The molecule has 0 aromatic heterocycles. The fourth-order valence-corrected chi connectivity index (χ4v) is 3.71. The molecule has 1 aromatic rings. The molecule has 1 unspecified atom stereocenters. The van der Waals surface area contributed by atoms with Gasteiger partial charge in [0.05, 0.1) is 20.7 Å². The van der Waals surface area contributed by atoms with Crippen LogP contribution >= 0.6 is 0 Å². The SMILES string of the molecule is CCCCCCCCCCCCC(CO)[N+](C)(C)Cc1ccccc1.[Cl-]. The van der Waals surface area contributed by atoms with Gasteiger partial charge in [0.2, 0.25) is 0 Å². The van der Waals surface area contributed by atoms with E-state index in [-0.39, 0.29) is 19.0 Å². The highest BCUT2D eigenvalue weighted by Crippen LogP contribution is 2.19. The van der Waals surface area contributed by atoms with E-state index in [0.29, 0.717) is 6.04 Å². The number of benzene rings is 1. The van der Waals surface area contributed by atoms with E-state index >= 15 is 0 Å². The van der Waals surface area contributed by atoms with Gasteiger partial charge >= 0.3 is 0 Å². The second-order valence-corrected chi connectivity index (χ2v) is 8.23. The van der Waals surface area contributed by atoms with Gasteiger partial charge in [-0.15, -0.1) is 0 Å². The van der Waals surface area contributed by atoms with Gasteiger partial charge in [0, 0.05) is 12.0 Å². The van der Waals surface area contributed by atoms with E-state index in [1.54, 1.807) is 0 Å². The highest BCUT2D eigenvalue weighted by atomic mass is 35.5. The highest BCUT2D eigenvalue weighted by molar-refractivity contribution is 5.13. The molecule has 3 heteroatoms. The minimum Gasteiger partial charge on any atom is -1.00 e. The monoisotopic (exact) mass is 383 g/mol. The first-order valence-corrected chi connectivity index (χ1v) is 10.6. The molecule has 1 N–H and O–H groups in total. The van der Waals surface area contributed by atoms with Crippen LogP contribution in [0.15, 0.2) is 30.3 Å². The molecule has 0 aliphatic heterocycles. The Hall–Kier alpha value is -0.570. The maximum atomic E-state index is 9.87. The number of halogens is 1. The number of likely N-dealkylation sites (N-methyl/N-ethyl adjacent to an activating group) is 1. The normalized spacial score (nSPS) is 12.6. The lowest BCUT2D eigenvalue weighted by Gasteiger charge is -2.37. The third-order valence-corrected chi connectivity index (χ3v) is 5.52. The summed E-state index contributed by atoms with van der Waals surface area (Å²) >= 11 is 0. The van der Waals surface area contributed by atoms with Gasteiger partial charge in [0.25, 0.3) is 0 Å². The Balaban J connectivity index is 0.00000625. The summed E-state index contributed by atoms with van der Waals surface area (Å²) in [4.78, 5) is 0. The maximum Gasteiger partial charge on any atom is 0.112 e. The van der Waals surface area contributed by atoms with Crippen molar-refractivity contribution in [3.8, 4) is 0 Å². The summed E-state index contributed by atoms with van der Waals surface area (Å²) in [6.45, 7) is 3.56. The number of unbranched alkanes of at least 4 members (excludes halogenated alkanes) is 9. The van der Waals surface area contributed by atoms with E-state index in [9.17, 15) is 5.11 Å². The molecule has 0 aliphatic rings. The van der Waals surface area contributed by atoms with Gasteiger partial charge in [-0.05, 0) is 6.42 Å². The lowest BCUT2D eigenvalue weighted by Crippen LogP contribution is -3.00. The topological polar surface area (TPSA) is 20.2 Å². The van der Waals surface area contributed by atoms with Crippen molar-refractivity contribution >= 4 is 0 Å². The van der Waals surface area contributed by atoms with Gasteiger partial charge in [0.1, 0.15) is 12.6 Å². The summed E-state index contributed by atoms with van der Waals surface area (Å²) in [5, 5.41) is 9.87. The molecule has 0 spiro atoms. The van der Waals surface area contributed by atoms with Crippen molar-refractivity contribution in [2.75, 3.05) is 20.7 Å². The van der Waals surface area contributed by atoms with Crippen LogP contribution in [0, 0.1) is 0 Å². The van der Waals surface area contributed by atoms with Crippen LogP contribution in [0.1, 0.15) is 83.1 Å². The molecular formula is C23H42ClNO. The Labute approximate surface area is 169 Å². The van der Waals surface area contributed by atoms with E-state index < -0.39 is 0 Å². The standard InChI is InChI=1S/C23H42NO.ClH/c1-4-5-6-7-8-9-10-11-12-16-19-23(21-25)24(2,3)20-22-17-14-13-15-18-22;/h13-15,17-18,23,25H,4-12,16,19-21H2,1-3H3;1H/q+1;/p-1. The minimum atomic E-state index is 0. The first kappa shape index (κ1) is 25.4. The van der Waals surface area contributed by atoms with Crippen molar-refractivity contribution in [2.24, 2.45) is 0 Å². The summed E-state index contributed by atoms with van der Waals surface area (Å²) in [7, 11) is 4.51. The van der Waals surface area contributed by atoms with Crippen LogP contribution in [0.5, 0.6) is 0 Å². The fraction of sp³-hybridized carbons (Fsp3) is 0.739. The molecule has 152 valence electrons. The van der Waals surface area contributed by atoms with Crippen LogP contribution in [0.25, 0.3) is 0 Å². The minimum absolute atomic E-state index is 0. The fourth-order valence-electron chi connectivity index (χ4n) is 3.71. The Morgan fingerprint density at radius 1 is 0.808 bits per heavy atom. The van der Waals surface area contributed by atoms with Gasteiger partial charge in [0.15, 0.2) is 0 Å². The van der Waals surface area contributed by atoms with Crippen LogP contribution in [-0.2, 0) is 6.54 Å². The first-order chi connectivity index (χ1) is 12.1. The number of aliphatic hydroxyl groups excluding tert-OH is 1. The third kappa shape index (κ3) is 11.2. The number of hydrogen-bond acceptors (Lipinski definition) is 1. The molecule has 1 rings (SSSR count). The number of aliphatic hydroxyl groups is 1. The van der Waals surface area contributed by atoms with Gasteiger partial charge < -0.3 is 22.0 Å². The van der Waals surface area contributed by atoms with Gasteiger partial charge in [-0.1, -0.05) is 95.0 Å². The van der Waals surface area contributed by atoms with E-state index in [2.05, 4.69) is 51.4 Å². The number of nitrogens with zero attached hydrogens (tertiary/aromatic N) is 1. The zero-order chi connectivity index (χ0) is 18.4. The molecule has 0 amide bonds. The molecule has 0 heterocycles. The van der Waals surface area contributed by atoms with Crippen LogP contribution in [0.3, 0.4) is 0 Å². The molecule has 0 bridgehead atoms. The van der Waals surface area contributed by atoms with Crippen LogP contribution in [0.4, 0.5) is 0 Å². The van der Waals surface area contributed by atoms with E-state index in [1.807, 2.05) is 0 Å². The summed E-state index contributed by atoms with van der Waals surface area (Å²) in [5.41, 5.74) is 1.36. The predicted molar refractivity (Wildman–Crippen MR) is 110 cm³/mol. The molecule has 0 radical (unpaired) electrons. The average Bonchev–Trinajstić information content (AvgIpc) is 2.60. The van der Waals surface area contributed by atoms with E-state index in [0.717, 1.165) is 17.4 Å². The molecule has 0 saturated carbocycles. The van der Waals surface area contributed by atoms with Gasteiger partial charge in [-0.25, -0.2) is 0 Å². The van der Waals surface area contributed by atoms with Crippen LogP contribution in [-0.4, -0.2) is 36.3 Å². The van der Waals surface area contributed by atoms with Crippen molar-refractivity contribution in [1.82, 2.24) is 0 Å². The lowest BCUT2D eigenvalue weighted by molar-refractivity contribution is -0.928. The molecule has 0 aliphatic carbocycles. The number of quaternary nitrogens is 1. The zero-order valence-electron chi connectivity index (χ0n) is 17.4. The molecule has 2 nitrogen and oxygen atoms in total. The van der Waals surface area contributed by atoms with Gasteiger partial charge in [-0.2, -0.15) is 0 Å². The Morgan fingerprint density at radius 2 is 1.31 bits per heavy atom. The highest BCUT2D eigenvalue weighted by Gasteiger charge is 2.27.